The van der Waals surface area contributed by atoms with E-state index in [1.165, 1.54) is 12.1 Å². The molecule has 2 rings (SSSR count). The normalized spacial score (nSPS) is 25.1. The van der Waals surface area contributed by atoms with Crippen molar-refractivity contribution in [2.24, 2.45) is 0 Å². The molecule has 1 aliphatic heterocycles. The molecule has 0 spiro atoms. The summed E-state index contributed by atoms with van der Waals surface area (Å²) in [4.78, 5) is 0. The quantitative estimate of drug-likeness (QED) is 0.881. The number of methoxy groups -OCH3 is 1. The maximum atomic E-state index is 12.7. The lowest BCUT2D eigenvalue weighted by Crippen LogP contribution is -2.38. The Labute approximate surface area is 104 Å². The highest BCUT2D eigenvalue weighted by Gasteiger charge is 2.32. The molecule has 5 heteroatoms. The third-order valence-corrected chi connectivity index (χ3v) is 3.28. The Morgan fingerprint density at radius 3 is 2.78 bits per heavy atom. The number of hydrogen-bond acceptors (Lipinski definition) is 2. The Balaban J connectivity index is 2.27. The first kappa shape index (κ1) is 13.4. The summed E-state index contributed by atoms with van der Waals surface area (Å²) in [6.07, 6.45) is -2.52. The highest BCUT2D eigenvalue weighted by atomic mass is 19.4. The van der Waals surface area contributed by atoms with Crippen molar-refractivity contribution in [1.29, 1.82) is 0 Å². The van der Waals surface area contributed by atoms with Crippen molar-refractivity contribution in [2.45, 2.75) is 31.2 Å². The van der Waals surface area contributed by atoms with Gasteiger partial charge in [-0.25, -0.2) is 0 Å². The minimum absolute atomic E-state index is 0.0674. The van der Waals surface area contributed by atoms with Crippen LogP contribution < -0.4 is 5.32 Å². The largest absolute Gasteiger partial charge is 0.416 e. The molecule has 0 aliphatic carbocycles. The Hall–Kier alpha value is -1.07. The number of hydrogen-bond donors (Lipinski definition) is 1. The fraction of sp³-hybridized carbons (Fsp3) is 0.538. The van der Waals surface area contributed by atoms with Crippen molar-refractivity contribution in [3.8, 4) is 0 Å². The molecular formula is C13H16F3NO. The minimum Gasteiger partial charge on any atom is -0.379 e. The summed E-state index contributed by atoms with van der Waals surface area (Å²) in [5.41, 5.74) is 0.0265. The monoisotopic (exact) mass is 259 g/mol. The number of nitrogens with one attached hydrogen (secondary N) is 1. The van der Waals surface area contributed by atoms with Crippen molar-refractivity contribution in [2.75, 3.05) is 13.7 Å². The second kappa shape index (κ2) is 5.28. The summed E-state index contributed by atoms with van der Waals surface area (Å²) in [6.45, 7) is 0.806. The van der Waals surface area contributed by atoms with Gasteiger partial charge in [-0.05, 0) is 37.1 Å². The number of halogens is 3. The van der Waals surface area contributed by atoms with Crippen LogP contribution in [0.25, 0.3) is 0 Å². The topological polar surface area (TPSA) is 21.3 Å². The minimum atomic E-state index is -4.30. The van der Waals surface area contributed by atoms with E-state index in [9.17, 15) is 13.2 Å². The maximum Gasteiger partial charge on any atom is 0.416 e. The molecule has 100 valence electrons. The molecule has 0 aromatic heterocycles. The molecule has 2 atom stereocenters. The Bertz CT molecular complexity index is 405. The zero-order valence-electron chi connectivity index (χ0n) is 10.1. The van der Waals surface area contributed by atoms with E-state index in [1.807, 2.05) is 0 Å². The van der Waals surface area contributed by atoms with Crippen LogP contribution in [-0.2, 0) is 10.9 Å². The number of piperidine rings is 1. The van der Waals surface area contributed by atoms with Crippen LogP contribution in [0, 0.1) is 0 Å². The fourth-order valence-corrected chi connectivity index (χ4v) is 2.35. The molecule has 1 fully saturated rings. The Morgan fingerprint density at radius 1 is 1.33 bits per heavy atom. The molecule has 1 aromatic carbocycles. The molecule has 1 aliphatic rings. The van der Waals surface area contributed by atoms with Gasteiger partial charge >= 0.3 is 6.18 Å². The predicted molar refractivity (Wildman–Crippen MR) is 62.2 cm³/mol. The van der Waals surface area contributed by atoms with E-state index in [1.54, 1.807) is 13.2 Å². The number of benzene rings is 1. The Kier molecular flexibility index (Phi) is 3.92. The molecule has 0 saturated carbocycles. The first-order valence-electron chi connectivity index (χ1n) is 5.95. The van der Waals surface area contributed by atoms with Crippen molar-refractivity contribution < 1.29 is 17.9 Å². The van der Waals surface area contributed by atoms with E-state index in [0.717, 1.165) is 25.5 Å². The van der Waals surface area contributed by atoms with Gasteiger partial charge in [-0.1, -0.05) is 12.1 Å². The maximum absolute atomic E-state index is 12.7. The van der Waals surface area contributed by atoms with Crippen LogP contribution in [0.1, 0.15) is 30.0 Å². The molecule has 1 aromatic rings. The van der Waals surface area contributed by atoms with E-state index in [2.05, 4.69) is 5.32 Å². The van der Waals surface area contributed by atoms with Gasteiger partial charge in [0, 0.05) is 7.11 Å². The molecule has 2 unspecified atom stereocenters. The second-order valence-electron chi connectivity index (χ2n) is 4.47. The number of alkyl halides is 3. The molecule has 1 N–H and O–H groups in total. The van der Waals surface area contributed by atoms with Crippen molar-refractivity contribution in [3.63, 3.8) is 0 Å². The standard InChI is InChI=1S/C13H16F3NO/c1-18-11-6-3-7-17-12(11)9-4-2-5-10(8-9)13(14,15)16/h2,4-5,8,11-12,17H,3,6-7H2,1H3. The zero-order valence-corrected chi connectivity index (χ0v) is 10.1. The number of ether oxygens (including phenoxy) is 1. The summed E-state index contributed by atoms with van der Waals surface area (Å²) in [7, 11) is 1.60. The van der Waals surface area contributed by atoms with Gasteiger partial charge in [0.1, 0.15) is 0 Å². The van der Waals surface area contributed by atoms with Gasteiger partial charge in [-0.15, -0.1) is 0 Å². The average molecular weight is 259 g/mol. The molecule has 1 heterocycles. The van der Waals surface area contributed by atoms with Gasteiger partial charge in [0.05, 0.1) is 17.7 Å². The van der Waals surface area contributed by atoms with Crippen LogP contribution in [-0.4, -0.2) is 19.8 Å². The second-order valence-corrected chi connectivity index (χ2v) is 4.47. The SMILES string of the molecule is COC1CCCNC1c1cccc(C(F)(F)F)c1. The highest BCUT2D eigenvalue weighted by Crippen LogP contribution is 2.32. The lowest BCUT2D eigenvalue weighted by atomic mass is 9.93. The van der Waals surface area contributed by atoms with Crippen LogP contribution in [0.2, 0.25) is 0 Å². The first-order valence-corrected chi connectivity index (χ1v) is 5.95. The van der Waals surface area contributed by atoms with Crippen LogP contribution in [0.3, 0.4) is 0 Å². The zero-order chi connectivity index (χ0) is 13.2. The van der Waals surface area contributed by atoms with Gasteiger partial charge in [-0.2, -0.15) is 13.2 Å². The van der Waals surface area contributed by atoms with Crippen LogP contribution in [0.5, 0.6) is 0 Å². The van der Waals surface area contributed by atoms with Crippen LogP contribution in [0.15, 0.2) is 24.3 Å². The fourth-order valence-electron chi connectivity index (χ4n) is 2.35. The third-order valence-electron chi connectivity index (χ3n) is 3.28. The van der Waals surface area contributed by atoms with Gasteiger partial charge in [0.15, 0.2) is 0 Å². The first-order chi connectivity index (χ1) is 8.52. The molecule has 2 nitrogen and oxygen atoms in total. The van der Waals surface area contributed by atoms with E-state index < -0.39 is 11.7 Å². The van der Waals surface area contributed by atoms with E-state index >= 15 is 0 Å². The molecule has 1 saturated heterocycles. The summed E-state index contributed by atoms with van der Waals surface area (Å²) in [5.74, 6) is 0. The van der Waals surface area contributed by atoms with Gasteiger partial charge in [0.2, 0.25) is 0 Å². The van der Waals surface area contributed by atoms with Crippen molar-refractivity contribution in [1.82, 2.24) is 5.32 Å². The van der Waals surface area contributed by atoms with Crippen molar-refractivity contribution >= 4 is 0 Å². The summed E-state index contributed by atoms with van der Waals surface area (Å²) in [6, 6.07) is 5.29. The van der Waals surface area contributed by atoms with E-state index in [0.29, 0.717) is 5.56 Å². The van der Waals surface area contributed by atoms with Gasteiger partial charge in [0.25, 0.3) is 0 Å². The molecule has 0 radical (unpaired) electrons. The highest BCUT2D eigenvalue weighted by molar-refractivity contribution is 5.29. The smallest absolute Gasteiger partial charge is 0.379 e. The number of rotatable bonds is 2. The summed E-state index contributed by atoms with van der Waals surface area (Å²) < 4.78 is 43.3. The van der Waals surface area contributed by atoms with Crippen LogP contribution >= 0.6 is 0 Å². The van der Waals surface area contributed by atoms with Gasteiger partial charge in [-0.3, -0.25) is 0 Å². The summed E-state index contributed by atoms with van der Waals surface area (Å²) in [5, 5.41) is 3.22. The molecule has 0 bridgehead atoms. The lowest BCUT2D eigenvalue weighted by Gasteiger charge is -2.32. The summed E-state index contributed by atoms with van der Waals surface area (Å²) >= 11 is 0. The van der Waals surface area contributed by atoms with Gasteiger partial charge < -0.3 is 10.1 Å². The Morgan fingerprint density at radius 2 is 2.11 bits per heavy atom. The lowest BCUT2D eigenvalue weighted by molar-refractivity contribution is -0.137. The molecule has 0 amide bonds. The third kappa shape index (κ3) is 2.84. The predicted octanol–water partition coefficient (Wildman–Crippen LogP) is 3.14. The average Bonchev–Trinajstić information content (AvgIpc) is 2.38. The van der Waals surface area contributed by atoms with E-state index in [-0.39, 0.29) is 12.1 Å². The van der Waals surface area contributed by atoms with E-state index in [4.69, 9.17) is 4.74 Å². The molecular weight excluding hydrogens is 243 g/mol. The van der Waals surface area contributed by atoms with Crippen molar-refractivity contribution in [3.05, 3.63) is 35.4 Å². The molecule has 18 heavy (non-hydrogen) atoms. The van der Waals surface area contributed by atoms with Crippen LogP contribution in [0.4, 0.5) is 13.2 Å².